The molecule has 0 fully saturated rings. The van der Waals surface area contributed by atoms with Crippen molar-refractivity contribution in [3.05, 3.63) is 29.3 Å². The summed E-state index contributed by atoms with van der Waals surface area (Å²) < 4.78 is 0. The first-order chi connectivity index (χ1) is 12.9. The second-order valence-corrected chi connectivity index (χ2v) is 8.48. The number of benzene rings is 1. The summed E-state index contributed by atoms with van der Waals surface area (Å²) in [5.41, 5.74) is 1.33. The third-order valence-electron chi connectivity index (χ3n) is 4.91. The van der Waals surface area contributed by atoms with E-state index in [1.54, 1.807) is 26.2 Å². The van der Waals surface area contributed by atoms with Gasteiger partial charge in [0.2, 0.25) is 11.8 Å². The number of phenols is 1. The predicted molar refractivity (Wildman–Crippen MR) is 110 cm³/mol. The summed E-state index contributed by atoms with van der Waals surface area (Å²) in [6, 6.07) is 4.03. The van der Waals surface area contributed by atoms with Crippen molar-refractivity contribution >= 4 is 11.8 Å². The molecule has 0 unspecified atom stereocenters. The smallest absolute Gasteiger partial charge is 0.244 e. The standard InChI is InChI=1S/C21H35N3O4/c1-13(2)18(22-6)20(28)24(7)16(19(27)23-12-25)11-14-8-9-17(26)15(10-14)21(3,4)5/h8-10,13,16,18,22,25-26H,11-12H2,1-7H3,(H,23,27)/t16-,18-/m0/s1. The van der Waals surface area contributed by atoms with Crippen LogP contribution in [0.2, 0.25) is 0 Å². The highest BCUT2D eigenvalue weighted by Gasteiger charge is 2.32. The molecule has 0 saturated carbocycles. The van der Waals surface area contributed by atoms with E-state index in [4.69, 9.17) is 5.11 Å². The van der Waals surface area contributed by atoms with E-state index in [0.717, 1.165) is 11.1 Å². The molecule has 1 rings (SSSR count). The number of aromatic hydroxyl groups is 1. The lowest BCUT2D eigenvalue weighted by atomic mass is 9.84. The van der Waals surface area contributed by atoms with Gasteiger partial charge in [0.1, 0.15) is 18.5 Å². The molecule has 0 aliphatic rings. The van der Waals surface area contributed by atoms with Crippen LogP contribution in [0.1, 0.15) is 45.7 Å². The van der Waals surface area contributed by atoms with Gasteiger partial charge in [0.25, 0.3) is 0 Å². The average Bonchev–Trinajstić information content (AvgIpc) is 2.59. The molecular formula is C21H35N3O4. The Morgan fingerprint density at radius 2 is 1.82 bits per heavy atom. The number of carbonyl (C=O) groups is 2. The summed E-state index contributed by atoms with van der Waals surface area (Å²) in [6.45, 7) is 9.36. The van der Waals surface area contributed by atoms with Crippen molar-refractivity contribution in [3.63, 3.8) is 0 Å². The van der Waals surface area contributed by atoms with Gasteiger partial charge in [-0.05, 0) is 35.6 Å². The molecule has 2 amide bonds. The van der Waals surface area contributed by atoms with Gasteiger partial charge < -0.3 is 25.7 Å². The van der Waals surface area contributed by atoms with Gasteiger partial charge in [-0.3, -0.25) is 9.59 Å². The molecule has 0 spiro atoms. The Morgan fingerprint density at radius 3 is 2.29 bits per heavy atom. The number of aliphatic hydroxyl groups is 1. The van der Waals surface area contributed by atoms with Crippen LogP contribution >= 0.6 is 0 Å². The summed E-state index contributed by atoms with van der Waals surface area (Å²) in [5, 5.41) is 24.7. The molecule has 0 aliphatic heterocycles. The molecule has 0 radical (unpaired) electrons. The molecule has 2 atom stereocenters. The van der Waals surface area contributed by atoms with Gasteiger partial charge in [0.05, 0.1) is 6.04 Å². The summed E-state index contributed by atoms with van der Waals surface area (Å²) in [4.78, 5) is 26.9. The van der Waals surface area contributed by atoms with Crippen molar-refractivity contribution in [3.8, 4) is 5.75 Å². The Kier molecular flexibility index (Phi) is 8.45. The zero-order valence-electron chi connectivity index (χ0n) is 18.0. The van der Waals surface area contributed by atoms with E-state index < -0.39 is 24.7 Å². The first-order valence-corrected chi connectivity index (χ1v) is 9.58. The molecule has 0 saturated heterocycles. The molecule has 7 nitrogen and oxygen atoms in total. The molecule has 0 aromatic heterocycles. The Labute approximate surface area is 168 Å². The number of hydrogen-bond acceptors (Lipinski definition) is 5. The van der Waals surface area contributed by atoms with Gasteiger partial charge in [-0.25, -0.2) is 0 Å². The van der Waals surface area contributed by atoms with Crippen LogP contribution in [0, 0.1) is 5.92 Å². The quantitative estimate of drug-likeness (QED) is 0.500. The Bertz CT molecular complexity index is 683. The number of carbonyl (C=O) groups excluding carboxylic acids is 2. The summed E-state index contributed by atoms with van der Waals surface area (Å²) in [5.74, 6) is -0.359. The number of nitrogens with zero attached hydrogens (tertiary/aromatic N) is 1. The molecule has 158 valence electrons. The van der Waals surface area contributed by atoms with Crippen molar-refractivity contribution in [1.29, 1.82) is 0 Å². The number of aliphatic hydroxyl groups excluding tert-OH is 1. The fourth-order valence-corrected chi connectivity index (χ4v) is 3.25. The van der Waals surface area contributed by atoms with Crippen molar-refractivity contribution < 1.29 is 19.8 Å². The minimum absolute atomic E-state index is 0.0580. The minimum Gasteiger partial charge on any atom is -0.508 e. The molecule has 1 aromatic carbocycles. The van der Waals surface area contributed by atoms with Gasteiger partial charge in [0.15, 0.2) is 0 Å². The van der Waals surface area contributed by atoms with Gasteiger partial charge in [0, 0.05) is 13.5 Å². The highest BCUT2D eigenvalue weighted by atomic mass is 16.3. The summed E-state index contributed by atoms with van der Waals surface area (Å²) >= 11 is 0. The number of nitrogens with one attached hydrogen (secondary N) is 2. The maximum absolute atomic E-state index is 12.9. The van der Waals surface area contributed by atoms with Crippen molar-refractivity contribution in [2.75, 3.05) is 20.8 Å². The number of phenolic OH excluding ortho intramolecular Hbond substituents is 1. The lowest BCUT2D eigenvalue weighted by Gasteiger charge is -2.32. The van der Waals surface area contributed by atoms with E-state index in [0.29, 0.717) is 0 Å². The van der Waals surface area contributed by atoms with Crippen molar-refractivity contribution in [1.82, 2.24) is 15.5 Å². The largest absolute Gasteiger partial charge is 0.508 e. The molecule has 0 heterocycles. The van der Waals surface area contributed by atoms with Crippen LogP contribution in [0.25, 0.3) is 0 Å². The second-order valence-electron chi connectivity index (χ2n) is 8.48. The maximum atomic E-state index is 12.9. The van der Waals surface area contributed by atoms with Gasteiger partial charge in [-0.1, -0.05) is 46.8 Å². The third kappa shape index (κ3) is 5.94. The second kappa shape index (κ2) is 9.89. The molecule has 0 aliphatic carbocycles. The molecular weight excluding hydrogens is 358 g/mol. The normalized spacial score (nSPS) is 13.9. The number of rotatable bonds is 8. The summed E-state index contributed by atoms with van der Waals surface area (Å²) in [7, 11) is 3.32. The molecule has 28 heavy (non-hydrogen) atoms. The van der Waals surface area contributed by atoms with Gasteiger partial charge >= 0.3 is 0 Å². The lowest BCUT2D eigenvalue weighted by molar-refractivity contribution is -0.141. The maximum Gasteiger partial charge on any atom is 0.244 e. The average molecular weight is 394 g/mol. The summed E-state index contributed by atoms with van der Waals surface area (Å²) in [6.07, 6.45) is 0.270. The van der Waals surface area contributed by atoms with Crippen molar-refractivity contribution in [2.45, 2.75) is 58.5 Å². The monoisotopic (exact) mass is 393 g/mol. The fraction of sp³-hybridized carbons (Fsp3) is 0.619. The SMILES string of the molecule is CN[C@H](C(=O)N(C)[C@@H](Cc1ccc(O)c(C(C)(C)C)c1)C(=O)NCO)C(C)C. The highest BCUT2D eigenvalue weighted by Crippen LogP contribution is 2.31. The predicted octanol–water partition coefficient (Wildman–Crippen LogP) is 1.37. The Balaban J connectivity index is 3.23. The van der Waals surface area contributed by atoms with Crippen LogP contribution in [-0.4, -0.2) is 59.8 Å². The molecule has 0 bridgehead atoms. The molecule has 1 aromatic rings. The van der Waals surface area contributed by atoms with Crippen LogP contribution in [0.4, 0.5) is 0 Å². The van der Waals surface area contributed by atoms with E-state index in [1.165, 1.54) is 4.90 Å². The van der Waals surface area contributed by atoms with Crippen molar-refractivity contribution in [2.24, 2.45) is 5.92 Å². The fourth-order valence-electron chi connectivity index (χ4n) is 3.25. The Hall–Kier alpha value is -2.12. The van der Waals surface area contributed by atoms with Crippen LogP contribution in [0.5, 0.6) is 5.75 Å². The minimum atomic E-state index is -0.786. The zero-order valence-corrected chi connectivity index (χ0v) is 18.0. The first kappa shape index (κ1) is 23.9. The molecule has 4 N–H and O–H groups in total. The van der Waals surface area contributed by atoms with Crippen LogP contribution in [-0.2, 0) is 21.4 Å². The van der Waals surface area contributed by atoms with E-state index in [-0.39, 0.29) is 29.4 Å². The topological polar surface area (TPSA) is 102 Å². The van der Waals surface area contributed by atoms with E-state index in [1.807, 2.05) is 40.7 Å². The number of hydrogen-bond donors (Lipinski definition) is 4. The number of likely N-dealkylation sites (N-methyl/N-ethyl adjacent to an activating group) is 2. The van der Waals surface area contributed by atoms with E-state index in [2.05, 4.69) is 10.6 Å². The third-order valence-corrected chi connectivity index (χ3v) is 4.91. The Morgan fingerprint density at radius 1 is 1.21 bits per heavy atom. The first-order valence-electron chi connectivity index (χ1n) is 9.58. The highest BCUT2D eigenvalue weighted by molar-refractivity contribution is 5.90. The lowest BCUT2D eigenvalue weighted by Crippen LogP contribution is -2.55. The van der Waals surface area contributed by atoms with Crippen LogP contribution < -0.4 is 10.6 Å². The van der Waals surface area contributed by atoms with Gasteiger partial charge in [-0.15, -0.1) is 0 Å². The van der Waals surface area contributed by atoms with Crippen LogP contribution in [0.3, 0.4) is 0 Å². The molecule has 7 heteroatoms. The van der Waals surface area contributed by atoms with Crippen LogP contribution in [0.15, 0.2) is 18.2 Å². The van der Waals surface area contributed by atoms with Gasteiger partial charge in [-0.2, -0.15) is 0 Å². The van der Waals surface area contributed by atoms with E-state index >= 15 is 0 Å². The zero-order chi connectivity index (χ0) is 21.6. The number of amides is 2. The van der Waals surface area contributed by atoms with E-state index in [9.17, 15) is 14.7 Å².